The van der Waals surface area contributed by atoms with Crippen LogP contribution in [-0.4, -0.2) is 92.4 Å². The molecule has 0 radical (unpaired) electrons. The van der Waals surface area contributed by atoms with E-state index in [2.05, 4.69) is 35.7 Å². The minimum absolute atomic E-state index is 0.0677. The molecular weight excluding hydrogens is 575 g/mol. The van der Waals surface area contributed by atoms with Crippen molar-refractivity contribution in [1.82, 2.24) is 40.4 Å². The lowest BCUT2D eigenvalue weighted by atomic mass is 10.1. The highest BCUT2D eigenvalue weighted by Crippen LogP contribution is 2.36. The molecule has 3 amide bonds. The minimum atomic E-state index is -4.73. The van der Waals surface area contributed by atoms with Gasteiger partial charge in [0.05, 0.1) is 56.0 Å². The van der Waals surface area contributed by atoms with E-state index in [1.807, 2.05) is 0 Å². The van der Waals surface area contributed by atoms with Crippen LogP contribution in [0.3, 0.4) is 0 Å². The first kappa shape index (κ1) is 31.0. The predicted molar refractivity (Wildman–Crippen MR) is 133 cm³/mol. The minimum Gasteiger partial charge on any atom is -0.382 e. The van der Waals surface area contributed by atoms with E-state index in [1.54, 1.807) is 0 Å². The fourth-order valence-electron chi connectivity index (χ4n) is 4.38. The fourth-order valence-corrected chi connectivity index (χ4v) is 4.38. The number of rotatable bonds is 10. The molecule has 0 aromatic carbocycles. The lowest BCUT2D eigenvalue weighted by Crippen LogP contribution is -2.58. The van der Waals surface area contributed by atoms with Gasteiger partial charge in [-0.3, -0.25) is 4.79 Å². The molecule has 1 aliphatic heterocycles. The van der Waals surface area contributed by atoms with Crippen molar-refractivity contribution in [3.8, 4) is 0 Å². The monoisotopic (exact) mass is 604 g/mol. The number of carbonyl (C=O) groups is 2. The van der Waals surface area contributed by atoms with E-state index in [-0.39, 0.29) is 29.3 Å². The SMILES string of the molecule is COC[C@H](c1cnn2cc([C@@H](NC(=O)c3nonc3C)[C@H](C)OC(C)(C)C(F)(F)F)nc2c1)N1CC(F)(F)CNC1=O. The number of fused-ring (bicyclic) bond motifs is 1. The van der Waals surface area contributed by atoms with Crippen LogP contribution >= 0.6 is 0 Å². The number of urea groups is 1. The molecule has 1 fully saturated rings. The summed E-state index contributed by atoms with van der Waals surface area (Å²) in [6.07, 6.45) is -3.32. The Bertz CT molecular complexity index is 1440. The van der Waals surface area contributed by atoms with Gasteiger partial charge in [0, 0.05) is 12.7 Å². The molecule has 0 spiro atoms. The van der Waals surface area contributed by atoms with Gasteiger partial charge in [0.2, 0.25) is 0 Å². The van der Waals surface area contributed by atoms with Crippen molar-refractivity contribution in [1.29, 1.82) is 0 Å². The first-order valence-electron chi connectivity index (χ1n) is 12.6. The molecule has 0 aliphatic carbocycles. The first-order valence-corrected chi connectivity index (χ1v) is 12.6. The van der Waals surface area contributed by atoms with Crippen LogP contribution in [0.2, 0.25) is 0 Å². The molecule has 0 bridgehead atoms. The molecule has 13 nitrogen and oxygen atoms in total. The maximum Gasteiger partial charge on any atom is 0.416 e. The third kappa shape index (κ3) is 6.43. The van der Waals surface area contributed by atoms with Crippen LogP contribution in [0.1, 0.15) is 60.3 Å². The number of nitrogens with zero attached hydrogens (tertiary/aromatic N) is 6. The summed E-state index contributed by atoms with van der Waals surface area (Å²) < 4.78 is 85.5. The number of ether oxygens (including phenoxy) is 2. The quantitative estimate of drug-likeness (QED) is 0.333. The zero-order chi connectivity index (χ0) is 31.0. The topological polar surface area (TPSA) is 149 Å². The maximum absolute atomic E-state index is 14.1. The molecular formula is C24H29F5N8O5. The van der Waals surface area contributed by atoms with Crippen molar-refractivity contribution in [2.24, 2.45) is 0 Å². The third-order valence-electron chi connectivity index (χ3n) is 6.71. The molecule has 2 N–H and O–H groups in total. The van der Waals surface area contributed by atoms with Gasteiger partial charge in [-0.1, -0.05) is 5.16 Å². The molecule has 18 heteroatoms. The number of aryl methyl sites for hydroxylation is 1. The second-order valence-electron chi connectivity index (χ2n) is 10.4. The number of carbonyl (C=O) groups excluding carboxylic acids is 2. The van der Waals surface area contributed by atoms with Gasteiger partial charge in [-0.2, -0.15) is 18.3 Å². The Labute approximate surface area is 235 Å². The molecule has 3 aromatic heterocycles. The van der Waals surface area contributed by atoms with Crippen LogP contribution < -0.4 is 10.6 Å². The summed E-state index contributed by atoms with van der Waals surface area (Å²) in [7, 11) is 1.34. The Morgan fingerprint density at radius 3 is 2.62 bits per heavy atom. The van der Waals surface area contributed by atoms with Gasteiger partial charge in [0.15, 0.2) is 16.9 Å². The Hall–Kier alpha value is -3.93. The van der Waals surface area contributed by atoms with Crippen LogP contribution in [0.15, 0.2) is 23.1 Å². The summed E-state index contributed by atoms with van der Waals surface area (Å²) in [5.74, 6) is -3.98. The number of halogens is 5. The van der Waals surface area contributed by atoms with Crippen molar-refractivity contribution < 1.29 is 45.6 Å². The Kier molecular flexibility index (Phi) is 8.41. The summed E-state index contributed by atoms with van der Waals surface area (Å²) in [5, 5.41) is 16.0. The number of nitrogens with one attached hydrogen (secondary N) is 2. The standard InChI is InChI=1S/C24H29F5N8O5/c1-12-18(35-42-34-12)20(38)33-19(13(2)41-22(3,4)24(27,28)29)15-8-37-17(32-15)6-14(7-31-37)16(9-40-5)36-11-23(25,26)10-30-21(36)39/h6-8,13,16,19H,9-11H2,1-5H3,(H,30,39)(H,33,38)/t13-,16+,19-/m0/s1. The van der Waals surface area contributed by atoms with Crippen LogP contribution in [0.5, 0.6) is 0 Å². The zero-order valence-electron chi connectivity index (χ0n) is 23.2. The Balaban J connectivity index is 1.70. The molecule has 4 rings (SSSR count). The number of amides is 3. The van der Waals surface area contributed by atoms with E-state index in [0.29, 0.717) is 5.56 Å². The highest BCUT2D eigenvalue weighted by Gasteiger charge is 2.50. The average Bonchev–Trinajstić information content (AvgIpc) is 3.51. The van der Waals surface area contributed by atoms with E-state index in [0.717, 1.165) is 18.7 Å². The lowest BCUT2D eigenvalue weighted by molar-refractivity contribution is -0.277. The number of alkyl halides is 5. The molecule has 1 aliphatic rings. The van der Waals surface area contributed by atoms with Gasteiger partial charge in [0.1, 0.15) is 5.69 Å². The molecule has 4 heterocycles. The lowest BCUT2D eigenvalue weighted by Gasteiger charge is -2.38. The largest absolute Gasteiger partial charge is 0.416 e. The van der Waals surface area contributed by atoms with Gasteiger partial charge in [-0.25, -0.2) is 27.7 Å². The molecule has 3 aromatic rings. The fraction of sp³-hybridized carbons (Fsp3) is 0.583. The van der Waals surface area contributed by atoms with Crippen LogP contribution in [0.25, 0.3) is 5.65 Å². The van der Waals surface area contributed by atoms with Gasteiger partial charge < -0.3 is 25.0 Å². The third-order valence-corrected chi connectivity index (χ3v) is 6.71. The number of methoxy groups -OCH3 is 1. The van der Waals surface area contributed by atoms with Gasteiger partial charge in [0.25, 0.3) is 11.8 Å². The van der Waals surface area contributed by atoms with E-state index >= 15 is 0 Å². The number of hydrogen-bond donors (Lipinski definition) is 2. The molecule has 1 saturated heterocycles. The highest BCUT2D eigenvalue weighted by molar-refractivity contribution is 5.93. The van der Waals surface area contributed by atoms with Crippen molar-refractivity contribution >= 4 is 17.6 Å². The van der Waals surface area contributed by atoms with Crippen molar-refractivity contribution in [2.75, 3.05) is 26.8 Å². The maximum atomic E-state index is 14.1. The Morgan fingerprint density at radius 2 is 2.00 bits per heavy atom. The molecule has 230 valence electrons. The predicted octanol–water partition coefficient (Wildman–Crippen LogP) is 2.99. The second kappa shape index (κ2) is 11.4. The van der Waals surface area contributed by atoms with E-state index in [1.165, 1.54) is 43.9 Å². The summed E-state index contributed by atoms with van der Waals surface area (Å²) in [6, 6.07) is -1.46. The number of imidazole rings is 1. The summed E-state index contributed by atoms with van der Waals surface area (Å²) in [6.45, 7) is 2.69. The average molecular weight is 605 g/mol. The summed E-state index contributed by atoms with van der Waals surface area (Å²) >= 11 is 0. The van der Waals surface area contributed by atoms with E-state index < -0.39 is 60.9 Å². The first-order chi connectivity index (χ1) is 19.5. The smallest absolute Gasteiger partial charge is 0.382 e. The van der Waals surface area contributed by atoms with Gasteiger partial charge in [-0.15, -0.1) is 0 Å². The number of aromatic nitrogens is 5. The van der Waals surface area contributed by atoms with E-state index in [4.69, 9.17) is 9.47 Å². The summed E-state index contributed by atoms with van der Waals surface area (Å²) in [4.78, 5) is 30.8. The molecule has 0 unspecified atom stereocenters. The second-order valence-corrected chi connectivity index (χ2v) is 10.4. The highest BCUT2D eigenvalue weighted by atomic mass is 19.4. The van der Waals surface area contributed by atoms with Gasteiger partial charge in [-0.05, 0) is 38.9 Å². The van der Waals surface area contributed by atoms with Crippen molar-refractivity contribution in [2.45, 2.75) is 63.6 Å². The Morgan fingerprint density at radius 1 is 1.29 bits per heavy atom. The normalized spacial score (nSPS) is 18.0. The summed E-state index contributed by atoms with van der Waals surface area (Å²) in [5.41, 5.74) is -2.11. The van der Waals surface area contributed by atoms with Crippen LogP contribution in [0, 0.1) is 6.92 Å². The van der Waals surface area contributed by atoms with Crippen molar-refractivity contribution in [3.05, 3.63) is 41.1 Å². The van der Waals surface area contributed by atoms with Crippen molar-refractivity contribution in [3.63, 3.8) is 0 Å². The van der Waals surface area contributed by atoms with Crippen LogP contribution in [-0.2, 0) is 9.47 Å². The molecule has 0 saturated carbocycles. The zero-order valence-corrected chi connectivity index (χ0v) is 23.2. The van der Waals surface area contributed by atoms with Gasteiger partial charge >= 0.3 is 12.2 Å². The molecule has 3 atom stereocenters. The number of hydrogen-bond acceptors (Lipinski definition) is 9. The van der Waals surface area contributed by atoms with E-state index in [9.17, 15) is 31.5 Å². The molecule has 42 heavy (non-hydrogen) atoms. The van der Waals surface area contributed by atoms with Crippen LogP contribution in [0.4, 0.5) is 26.7 Å².